The van der Waals surface area contributed by atoms with E-state index in [0.717, 1.165) is 11.4 Å². The lowest BCUT2D eigenvalue weighted by molar-refractivity contribution is 0.413. The van der Waals surface area contributed by atoms with Crippen molar-refractivity contribution in [3.05, 3.63) is 53.8 Å². The summed E-state index contributed by atoms with van der Waals surface area (Å²) in [4.78, 5) is 1.94. The van der Waals surface area contributed by atoms with Gasteiger partial charge in [0.1, 0.15) is 17.3 Å². The highest BCUT2D eigenvalue weighted by atomic mass is 19.1. The van der Waals surface area contributed by atoms with Gasteiger partial charge < -0.3 is 14.7 Å². The van der Waals surface area contributed by atoms with Crippen molar-refractivity contribution in [1.29, 1.82) is 0 Å². The number of hydrogen-bond donors (Lipinski definition) is 1. The average Bonchev–Trinajstić information content (AvgIpc) is 2.48. The Bertz CT molecular complexity index is 601. The van der Waals surface area contributed by atoms with Crippen molar-refractivity contribution in [2.45, 2.75) is 13.0 Å². The Kier molecular flexibility index (Phi) is 4.13. The molecule has 0 aromatic heterocycles. The number of phenols is 1. The molecule has 0 amide bonds. The van der Waals surface area contributed by atoms with E-state index < -0.39 is 0 Å². The summed E-state index contributed by atoms with van der Waals surface area (Å²) in [5.74, 6) is 0.455. The quantitative estimate of drug-likeness (QED) is 0.922. The Morgan fingerprint density at radius 1 is 1.20 bits per heavy atom. The maximum atomic E-state index is 13.4. The predicted molar refractivity (Wildman–Crippen MR) is 77.9 cm³/mol. The molecule has 1 atom stereocenters. The Morgan fingerprint density at radius 3 is 2.60 bits per heavy atom. The number of halogens is 1. The standard InChI is InChI=1S/C16H18FNO2/c1-11(13-10-12(17)8-9-15(13)19)18(2)14-6-4-5-7-16(14)20-3/h4-11,19H,1-3H3. The molecule has 0 saturated heterocycles. The third-order valence-corrected chi connectivity index (χ3v) is 3.49. The largest absolute Gasteiger partial charge is 0.508 e. The van der Waals surface area contributed by atoms with Crippen LogP contribution in [0.3, 0.4) is 0 Å². The van der Waals surface area contributed by atoms with Crippen LogP contribution in [-0.2, 0) is 0 Å². The first-order valence-electron chi connectivity index (χ1n) is 6.39. The summed E-state index contributed by atoms with van der Waals surface area (Å²) in [7, 11) is 3.49. The number of anilines is 1. The van der Waals surface area contributed by atoms with E-state index in [1.807, 2.05) is 43.1 Å². The molecule has 0 bridgehead atoms. The molecule has 2 aromatic carbocycles. The maximum absolute atomic E-state index is 13.4. The molecule has 20 heavy (non-hydrogen) atoms. The molecule has 3 nitrogen and oxygen atoms in total. The topological polar surface area (TPSA) is 32.7 Å². The van der Waals surface area contributed by atoms with E-state index in [0.29, 0.717) is 5.56 Å². The summed E-state index contributed by atoms with van der Waals surface area (Å²) >= 11 is 0. The number of phenolic OH excluding ortho intramolecular Hbond substituents is 1. The van der Waals surface area contributed by atoms with Crippen LogP contribution in [0, 0.1) is 5.82 Å². The lowest BCUT2D eigenvalue weighted by atomic mass is 10.0. The minimum atomic E-state index is -0.363. The number of hydrogen-bond acceptors (Lipinski definition) is 3. The van der Waals surface area contributed by atoms with E-state index in [1.165, 1.54) is 18.2 Å². The number of rotatable bonds is 4. The van der Waals surface area contributed by atoms with Crippen LogP contribution >= 0.6 is 0 Å². The second kappa shape index (κ2) is 5.82. The van der Waals surface area contributed by atoms with Crippen LogP contribution in [0.25, 0.3) is 0 Å². The van der Waals surface area contributed by atoms with Gasteiger partial charge in [0.05, 0.1) is 18.8 Å². The highest BCUT2D eigenvalue weighted by molar-refractivity contribution is 5.59. The Balaban J connectivity index is 2.37. The number of ether oxygens (including phenoxy) is 1. The highest BCUT2D eigenvalue weighted by Crippen LogP contribution is 2.35. The molecule has 0 spiro atoms. The van der Waals surface area contributed by atoms with Crippen molar-refractivity contribution >= 4 is 5.69 Å². The molecule has 0 aliphatic heterocycles. The van der Waals surface area contributed by atoms with E-state index >= 15 is 0 Å². The SMILES string of the molecule is COc1ccccc1N(C)C(C)c1cc(F)ccc1O. The summed E-state index contributed by atoms with van der Waals surface area (Å²) < 4.78 is 18.7. The minimum Gasteiger partial charge on any atom is -0.508 e. The van der Waals surface area contributed by atoms with Crippen molar-refractivity contribution in [2.75, 3.05) is 19.1 Å². The Labute approximate surface area is 118 Å². The normalized spacial score (nSPS) is 12.0. The van der Waals surface area contributed by atoms with Gasteiger partial charge in [0, 0.05) is 12.6 Å². The molecular formula is C16H18FNO2. The predicted octanol–water partition coefficient (Wildman–Crippen LogP) is 3.74. The molecular weight excluding hydrogens is 257 g/mol. The smallest absolute Gasteiger partial charge is 0.142 e. The summed E-state index contributed by atoms with van der Waals surface area (Å²) in [6.45, 7) is 1.90. The van der Waals surface area contributed by atoms with Crippen LogP contribution < -0.4 is 9.64 Å². The molecule has 0 aliphatic carbocycles. The zero-order chi connectivity index (χ0) is 14.7. The fourth-order valence-corrected chi connectivity index (χ4v) is 2.20. The summed E-state index contributed by atoms with van der Waals surface area (Å²) in [5, 5.41) is 9.90. The molecule has 0 heterocycles. The number of para-hydroxylation sites is 2. The first kappa shape index (κ1) is 14.2. The van der Waals surface area contributed by atoms with Crippen LogP contribution in [0.1, 0.15) is 18.5 Å². The van der Waals surface area contributed by atoms with E-state index in [1.54, 1.807) is 7.11 Å². The van der Waals surface area contributed by atoms with Gasteiger partial charge in [-0.25, -0.2) is 4.39 Å². The van der Waals surface area contributed by atoms with Crippen LogP contribution in [0.5, 0.6) is 11.5 Å². The fraction of sp³-hybridized carbons (Fsp3) is 0.250. The van der Waals surface area contributed by atoms with Crippen LogP contribution in [0.15, 0.2) is 42.5 Å². The van der Waals surface area contributed by atoms with E-state index in [9.17, 15) is 9.50 Å². The molecule has 106 valence electrons. The highest BCUT2D eigenvalue weighted by Gasteiger charge is 2.18. The van der Waals surface area contributed by atoms with E-state index in [2.05, 4.69) is 0 Å². The fourth-order valence-electron chi connectivity index (χ4n) is 2.20. The van der Waals surface area contributed by atoms with E-state index in [4.69, 9.17) is 4.74 Å². The molecule has 1 unspecified atom stereocenters. The third-order valence-electron chi connectivity index (χ3n) is 3.49. The van der Waals surface area contributed by atoms with Crippen molar-refractivity contribution in [1.82, 2.24) is 0 Å². The van der Waals surface area contributed by atoms with Crippen molar-refractivity contribution in [3.8, 4) is 11.5 Å². The molecule has 1 N–H and O–H groups in total. The summed E-state index contributed by atoms with van der Waals surface area (Å²) in [5.41, 5.74) is 1.42. The summed E-state index contributed by atoms with van der Waals surface area (Å²) in [6.07, 6.45) is 0. The number of aromatic hydroxyl groups is 1. The monoisotopic (exact) mass is 275 g/mol. The van der Waals surface area contributed by atoms with Gasteiger partial charge in [0.25, 0.3) is 0 Å². The lowest BCUT2D eigenvalue weighted by Crippen LogP contribution is -2.22. The number of methoxy groups -OCH3 is 1. The zero-order valence-electron chi connectivity index (χ0n) is 11.8. The Morgan fingerprint density at radius 2 is 1.90 bits per heavy atom. The van der Waals surface area contributed by atoms with Crippen molar-refractivity contribution in [2.24, 2.45) is 0 Å². The first-order valence-corrected chi connectivity index (χ1v) is 6.39. The second-order valence-corrected chi connectivity index (χ2v) is 4.66. The molecule has 0 fully saturated rings. The molecule has 2 rings (SSSR count). The molecule has 4 heteroatoms. The molecule has 0 radical (unpaired) electrons. The van der Waals surface area contributed by atoms with Gasteiger partial charge in [-0.15, -0.1) is 0 Å². The maximum Gasteiger partial charge on any atom is 0.142 e. The summed E-state index contributed by atoms with van der Waals surface area (Å²) in [6, 6.07) is 11.4. The van der Waals surface area contributed by atoms with Gasteiger partial charge in [0.15, 0.2) is 0 Å². The van der Waals surface area contributed by atoms with Crippen LogP contribution in [0.4, 0.5) is 10.1 Å². The van der Waals surface area contributed by atoms with Gasteiger partial charge in [-0.1, -0.05) is 12.1 Å². The second-order valence-electron chi connectivity index (χ2n) is 4.66. The van der Waals surface area contributed by atoms with Crippen LogP contribution in [0.2, 0.25) is 0 Å². The van der Waals surface area contributed by atoms with Gasteiger partial charge >= 0.3 is 0 Å². The molecule has 0 aliphatic rings. The number of benzene rings is 2. The molecule has 2 aromatic rings. The van der Waals surface area contributed by atoms with Gasteiger partial charge in [-0.05, 0) is 37.3 Å². The first-order chi connectivity index (χ1) is 9.54. The van der Waals surface area contributed by atoms with Gasteiger partial charge in [-0.2, -0.15) is 0 Å². The molecule has 0 saturated carbocycles. The van der Waals surface area contributed by atoms with Gasteiger partial charge in [0.2, 0.25) is 0 Å². The minimum absolute atomic E-state index is 0.0839. The Hall–Kier alpha value is -2.23. The van der Waals surface area contributed by atoms with Crippen molar-refractivity contribution in [3.63, 3.8) is 0 Å². The van der Waals surface area contributed by atoms with Gasteiger partial charge in [-0.3, -0.25) is 0 Å². The van der Waals surface area contributed by atoms with Crippen molar-refractivity contribution < 1.29 is 14.2 Å². The lowest BCUT2D eigenvalue weighted by Gasteiger charge is -2.29. The zero-order valence-corrected chi connectivity index (χ0v) is 11.8. The third kappa shape index (κ3) is 2.69. The van der Waals surface area contributed by atoms with E-state index in [-0.39, 0.29) is 17.6 Å². The van der Waals surface area contributed by atoms with Crippen LogP contribution in [-0.4, -0.2) is 19.3 Å². The average molecular weight is 275 g/mol. The number of nitrogens with zero attached hydrogens (tertiary/aromatic N) is 1.